The second kappa shape index (κ2) is 5.99. The lowest BCUT2D eigenvalue weighted by atomic mass is 9.77. The highest BCUT2D eigenvalue weighted by atomic mass is 14.9. The van der Waals surface area contributed by atoms with Gasteiger partial charge in [0.25, 0.3) is 0 Å². The first-order valence-corrected chi connectivity index (χ1v) is 9.26. The Balaban J connectivity index is 1.56. The SMILES string of the molecule is CC(C)(C)NCC(CC1CC2CCC1C2)C1CCCC1. The van der Waals surface area contributed by atoms with Gasteiger partial charge in [-0.05, 0) is 82.6 Å². The van der Waals surface area contributed by atoms with Gasteiger partial charge in [-0.2, -0.15) is 0 Å². The Labute approximate surface area is 126 Å². The lowest BCUT2D eigenvalue weighted by Crippen LogP contribution is -2.41. The van der Waals surface area contributed by atoms with Crippen LogP contribution in [0.4, 0.5) is 0 Å². The zero-order valence-corrected chi connectivity index (χ0v) is 14.0. The fraction of sp³-hybridized carbons (Fsp3) is 1.00. The van der Waals surface area contributed by atoms with Crippen LogP contribution in [0, 0.1) is 29.6 Å². The monoisotopic (exact) mass is 277 g/mol. The molecule has 3 saturated carbocycles. The van der Waals surface area contributed by atoms with E-state index < -0.39 is 0 Å². The Kier molecular flexibility index (Phi) is 4.45. The second-order valence-corrected chi connectivity index (χ2v) is 9.11. The number of fused-ring (bicyclic) bond motifs is 2. The zero-order chi connectivity index (χ0) is 14.2. The molecule has 3 aliphatic carbocycles. The molecular formula is C19H35N. The number of nitrogens with one attached hydrogen (secondary N) is 1. The highest BCUT2D eigenvalue weighted by Crippen LogP contribution is 2.51. The Morgan fingerprint density at radius 1 is 1.00 bits per heavy atom. The van der Waals surface area contributed by atoms with Crippen molar-refractivity contribution in [2.45, 2.75) is 84.1 Å². The van der Waals surface area contributed by atoms with Gasteiger partial charge in [0.1, 0.15) is 0 Å². The van der Waals surface area contributed by atoms with Crippen LogP contribution in [0.3, 0.4) is 0 Å². The van der Waals surface area contributed by atoms with Crippen molar-refractivity contribution < 1.29 is 0 Å². The van der Waals surface area contributed by atoms with Gasteiger partial charge in [0, 0.05) is 5.54 Å². The predicted octanol–water partition coefficient (Wildman–Crippen LogP) is 5.01. The van der Waals surface area contributed by atoms with Crippen LogP contribution in [0.2, 0.25) is 0 Å². The molecule has 0 aromatic heterocycles. The summed E-state index contributed by atoms with van der Waals surface area (Å²) in [6, 6.07) is 0. The van der Waals surface area contributed by atoms with E-state index in [1.165, 1.54) is 38.6 Å². The smallest absolute Gasteiger partial charge is 0.00966 e. The van der Waals surface area contributed by atoms with E-state index in [0.717, 1.165) is 29.6 Å². The summed E-state index contributed by atoms with van der Waals surface area (Å²) in [5.41, 5.74) is 0.283. The van der Waals surface area contributed by atoms with Crippen molar-refractivity contribution in [3.05, 3.63) is 0 Å². The molecule has 3 fully saturated rings. The van der Waals surface area contributed by atoms with Crippen LogP contribution < -0.4 is 5.32 Å². The molecule has 0 saturated heterocycles. The van der Waals surface area contributed by atoms with Crippen LogP contribution in [0.15, 0.2) is 0 Å². The first-order chi connectivity index (χ1) is 9.51. The molecule has 0 aliphatic heterocycles. The molecule has 116 valence electrons. The third-order valence-electron chi connectivity index (χ3n) is 6.45. The second-order valence-electron chi connectivity index (χ2n) is 9.11. The van der Waals surface area contributed by atoms with Gasteiger partial charge in [0.15, 0.2) is 0 Å². The standard InChI is InChI=1S/C19H35N/c1-19(2,3)20-13-18(15-6-4-5-7-15)12-17-11-14-8-9-16(17)10-14/h14-18,20H,4-13H2,1-3H3. The maximum Gasteiger partial charge on any atom is 0.00966 e. The Bertz CT molecular complexity index is 310. The van der Waals surface area contributed by atoms with Gasteiger partial charge >= 0.3 is 0 Å². The van der Waals surface area contributed by atoms with E-state index in [0.29, 0.717) is 0 Å². The van der Waals surface area contributed by atoms with Crippen molar-refractivity contribution in [2.75, 3.05) is 6.54 Å². The maximum absolute atomic E-state index is 3.82. The summed E-state index contributed by atoms with van der Waals surface area (Å²) in [4.78, 5) is 0. The molecule has 4 atom stereocenters. The van der Waals surface area contributed by atoms with Gasteiger partial charge in [-0.25, -0.2) is 0 Å². The molecule has 2 bridgehead atoms. The fourth-order valence-corrected chi connectivity index (χ4v) is 5.36. The summed E-state index contributed by atoms with van der Waals surface area (Å²) < 4.78 is 0. The van der Waals surface area contributed by atoms with Crippen molar-refractivity contribution in [1.29, 1.82) is 0 Å². The van der Waals surface area contributed by atoms with Gasteiger partial charge in [-0.3, -0.25) is 0 Å². The molecular weight excluding hydrogens is 242 g/mol. The van der Waals surface area contributed by atoms with Crippen LogP contribution in [0.5, 0.6) is 0 Å². The maximum atomic E-state index is 3.82. The number of rotatable bonds is 5. The van der Waals surface area contributed by atoms with Gasteiger partial charge < -0.3 is 5.32 Å². The summed E-state index contributed by atoms with van der Waals surface area (Å²) in [5, 5.41) is 3.82. The van der Waals surface area contributed by atoms with Crippen LogP contribution in [-0.2, 0) is 0 Å². The summed E-state index contributed by atoms with van der Waals surface area (Å²) in [5.74, 6) is 5.30. The van der Waals surface area contributed by atoms with Crippen LogP contribution in [0.1, 0.15) is 78.6 Å². The molecule has 4 unspecified atom stereocenters. The van der Waals surface area contributed by atoms with E-state index in [1.807, 2.05) is 0 Å². The third-order valence-corrected chi connectivity index (χ3v) is 6.45. The Morgan fingerprint density at radius 3 is 2.30 bits per heavy atom. The fourth-order valence-electron chi connectivity index (χ4n) is 5.36. The van der Waals surface area contributed by atoms with Crippen LogP contribution >= 0.6 is 0 Å². The van der Waals surface area contributed by atoms with Crippen molar-refractivity contribution in [1.82, 2.24) is 5.32 Å². The van der Waals surface area contributed by atoms with E-state index in [1.54, 1.807) is 25.7 Å². The zero-order valence-electron chi connectivity index (χ0n) is 14.0. The minimum Gasteiger partial charge on any atom is -0.312 e. The molecule has 1 heteroatoms. The van der Waals surface area contributed by atoms with E-state index in [4.69, 9.17) is 0 Å². The normalized spacial score (nSPS) is 35.9. The first-order valence-electron chi connectivity index (χ1n) is 9.26. The minimum atomic E-state index is 0.283. The van der Waals surface area contributed by atoms with Crippen molar-refractivity contribution in [3.8, 4) is 0 Å². The molecule has 1 nitrogen and oxygen atoms in total. The Morgan fingerprint density at radius 2 is 1.75 bits per heavy atom. The molecule has 0 aromatic rings. The lowest BCUT2D eigenvalue weighted by Gasteiger charge is -2.33. The van der Waals surface area contributed by atoms with E-state index in [-0.39, 0.29) is 5.54 Å². The molecule has 0 radical (unpaired) electrons. The van der Waals surface area contributed by atoms with Gasteiger partial charge in [-0.15, -0.1) is 0 Å². The summed E-state index contributed by atoms with van der Waals surface area (Å²) in [6.45, 7) is 8.21. The quantitative estimate of drug-likeness (QED) is 0.745. The largest absolute Gasteiger partial charge is 0.312 e. The summed E-state index contributed by atoms with van der Waals surface area (Å²) in [6.07, 6.45) is 13.8. The number of hydrogen-bond donors (Lipinski definition) is 1. The first kappa shape index (κ1) is 14.9. The average molecular weight is 277 g/mol. The molecule has 0 amide bonds. The highest BCUT2D eigenvalue weighted by molar-refractivity contribution is 4.92. The van der Waals surface area contributed by atoms with Gasteiger partial charge in [0.2, 0.25) is 0 Å². The van der Waals surface area contributed by atoms with E-state index in [2.05, 4.69) is 26.1 Å². The highest BCUT2D eigenvalue weighted by Gasteiger charge is 2.41. The van der Waals surface area contributed by atoms with Crippen molar-refractivity contribution in [3.63, 3.8) is 0 Å². The minimum absolute atomic E-state index is 0.283. The molecule has 3 rings (SSSR count). The Hall–Kier alpha value is -0.0400. The molecule has 0 heterocycles. The molecule has 3 aliphatic rings. The topological polar surface area (TPSA) is 12.0 Å². The van der Waals surface area contributed by atoms with Crippen molar-refractivity contribution in [2.24, 2.45) is 29.6 Å². The van der Waals surface area contributed by atoms with Crippen LogP contribution in [-0.4, -0.2) is 12.1 Å². The van der Waals surface area contributed by atoms with Gasteiger partial charge in [-0.1, -0.05) is 32.1 Å². The van der Waals surface area contributed by atoms with Crippen molar-refractivity contribution >= 4 is 0 Å². The number of hydrogen-bond acceptors (Lipinski definition) is 1. The summed E-state index contributed by atoms with van der Waals surface area (Å²) >= 11 is 0. The molecule has 0 spiro atoms. The lowest BCUT2D eigenvalue weighted by molar-refractivity contribution is 0.202. The third kappa shape index (κ3) is 3.59. The summed E-state index contributed by atoms with van der Waals surface area (Å²) in [7, 11) is 0. The molecule has 20 heavy (non-hydrogen) atoms. The predicted molar refractivity (Wildman–Crippen MR) is 86.8 cm³/mol. The van der Waals surface area contributed by atoms with Gasteiger partial charge in [0.05, 0.1) is 0 Å². The molecule has 0 aromatic carbocycles. The van der Waals surface area contributed by atoms with E-state index >= 15 is 0 Å². The van der Waals surface area contributed by atoms with Crippen LogP contribution in [0.25, 0.3) is 0 Å². The van der Waals surface area contributed by atoms with E-state index in [9.17, 15) is 0 Å². The molecule has 1 N–H and O–H groups in total. The average Bonchev–Trinajstić information content (AvgIpc) is 3.09.